The fourth-order valence-corrected chi connectivity index (χ4v) is 4.03. The summed E-state index contributed by atoms with van der Waals surface area (Å²) < 4.78 is 0. The monoisotopic (exact) mass is 346 g/mol. The first kappa shape index (κ1) is 14.2. The van der Waals surface area contributed by atoms with Crippen molar-refractivity contribution in [2.45, 2.75) is 38.5 Å². The Morgan fingerprint density at radius 1 is 1.06 bits per heavy atom. The third-order valence-electron chi connectivity index (χ3n) is 3.18. The van der Waals surface area contributed by atoms with Crippen LogP contribution in [0.5, 0.6) is 0 Å². The van der Waals surface area contributed by atoms with Crippen LogP contribution in [0.1, 0.15) is 37.3 Å². The van der Waals surface area contributed by atoms with Crippen LogP contribution in [0.2, 0.25) is 0 Å². The van der Waals surface area contributed by atoms with Crippen LogP contribution in [0.15, 0.2) is 24.3 Å². The quantitative estimate of drug-likeness (QED) is 0.619. The average molecular weight is 348 g/mol. The van der Waals surface area contributed by atoms with E-state index in [0.717, 1.165) is 10.7 Å². The molecule has 1 rings (SSSR count). The molecule has 0 aromatic heterocycles. The summed E-state index contributed by atoms with van der Waals surface area (Å²) in [5.41, 5.74) is 3.03. The minimum atomic E-state index is 0.254. The van der Waals surface area contributed by atoms with Gasteiger partial charge in [-0.1, -0.05) is 81.5 Å². The first-order valence-electron chi connectivity index (χ1n) is 5.87. The van der Waals surface area contributed by atoms with E-state index in [9.17, 15) is 0 Å². The molecule has 0 saturated heterocycles. The fourth-order valence-electron chi connectivity index (χ4n) is 1.89. The minimum absolute atomic E-state index is 0.254. The Kier molecular flexibility index (Phi) is 6.06. The van der Waals surface area contributed by atoms with Gasteiger partial charge in [0.05, 0.1) is 0 Å². The van der Waals surface area contributed by atoms with Gasteiger partial charge in [0.15, 0.2) is 0 Å². The van der Waals surface area contributed by atoms with Crippen LogP contribution < -0.4 is 0 Å². The molecule has 0 nitrogen and oxygen atoms in total. The van der Waals surface area contributed by atoms with E-state index in [2.05, 4.69) is 70.0 Å². The van der Waals surface area contributed by atoms with Crippen molar-refractivity contribution in [2.75, 3.05) is 10.7 Å². The molecular weight excluding hydrogens is 328 g/mol. The highest BCUT2D eigenvalue weighted by Gasteiger charge is 2.29. The number of aryl methyl sites for hydroxylation is 1. The van der Waals surface area contributed by atoms with Gasteiger partial charge in [0.2, 0.25) is 0 Å². The molecule has 0 heterocycles. The Morgan fingerprint density at radius 3 is 2.06 bits per heavy atom. The van der Waals surface area contributed by atoms with Crippen molar-refractivity contribution in [1.29, 1.82) is 0 Å². The molecule has 90 valence electrons. The van der Waals surface area contributed by atoms with Crippen molar-refractivity contribution in [2.24, 2.45) is 0 Å². The van der Waals surface area contributed by atoms with Gasteiger partial charge in [0, 0.05) is 16.1 Å². The highest BCUT2D eigenvalue weighted by Crippen LogP contribution is 2.34. The summed E-state index contributed by atoms with van der Waals surface area (Å²) in [7, 11) is 0. The van der Waals surface area contributed by atoms with Crippen LogP contribution in [0.25, 0.3) is 0 Å². The van der Waals surface area contributed by atoms with Crippen molar-refractivity contribution in [3.8, 4) is 0 Å². The van der Waals surface area contributed by atoms with Crippen molar-refractivity contribution in [3.05, 3.63) is 35.4 Å². The highest BCUT2D eigenvalue weighted by molar-refractivity contribution is 9.09. The zero-order chi connectivity index (χ0) is 12.0. The Balaban J connectivity index is 2.95. The van der Waals surface area contributed by atoms with Crippen LogP contribution in [0, 0.1) is 6.92 Å². The molecule has 0 bridgehead atoms. The summed E-state index contributed by atoms with van der Waals surface area (Å²) >= 11 is 7.38. The highest BCUT2D eigenvalue weighted by atomic mass is 79.9. The van der Waals surface area contributed by atoms with Crippen LogP contribution >= 0.6 is 31.9 Å². The lowest BCUT2D eigenvalue weighted by molar-refractivity contribution is 0.480. The van der Waals surface area contributed by atoms with Gasteiger partial charge in [-0.25, -0.2) is 0 Å². The second-order valence-corrected chi connectivity index (χ2v) is 5.64. The van der Waals surface area contributed by atoms with Crippen molar-refractivity contribution >= 4 is 31.9 Å². The van der Waals surface area contributed by atoms with E-state index >= 15 is 0 Å². The molecule has 0 aliphatic carbocycles. The molecule has 0 atom stereocenters. The SMILES string of the molecule is CCCCC(CBr)(CBr)c1ccc(C)cc1. The number of hydrogen-bond donors (Lipinski definition) is 0. The van der Waals surface area contributed by atoms with E-state index < -0.39 is 0 Å². The second-order valence-electron chi connectivity index (χ2n) is 4.52. The van der Waals surface area contributed by atoms with Crippen molar-refractivity contribution in [1.82, 2.24) is 0 Å². The third-order valence-corrected chi connectivity index (χ3v) is 5.33. The molecule has 16 heavy (non-hydrogen) atoms. The molecular formula is C14H20Br2. The van der Waals surface area contributed by atoms with E-state index in [-0.39, 0.29) is 5.41 Å². The summed E-state index contributed by atoms with van der Waals surface area (Å²) in [4.78, 5) is 0. The zero-order valence-electron chi connectivity index (χ0n) is 10.1. The summed E-state index contributed by atoms with van der Waals surface area (Å²) in [6.45, 7) is 4.39. The summed E-state index contributed by atoms with van der Waals surface area (Å²) in [6, 6.07) is 8.96. The van der Waals surface area contributed by atoms with E-state index in [1.807, 2.05) is 0 Å². The summed E-state index contributed by atoms with van der Waals surface area (Å²) in [6.07, 6.45) is 3.78. The average Bonchev–Trinajstić information content (AvgIpc) is 2.33. The van der Waals surface area contributed by atoms with Crippen LogP contribution in [-0.4, -0.2) is 10.7 Å². The first-order chi connectivity index (χ1) is 7.68. The number of alkyl halides is 2. The maximum absolute atomic E-state index is 3.69. The second kappa shape index (κ2) is 6.80. The van der Waals surface area contributed by atoms with E-state index in [1.165, 1.54) is 30.4 Å². The third kappa shape index (κ3) is 3.33. The van der Waals surface area contributed by atoms with Gasteiger partial charge in [0.25, 0.3) is 0 Å². The fraction of sp³-hybridized carbons (Fsp3) is 0.571. The predicted molar refractivity (Wildman–Crippen MR) is 80.0 cm³/mol. The van der Waals surface area contributed by atoms with E-state index in [1.54, 1.807) is 0 Å². The maximum atomic E-state index is 3.69. The topological polar surface area (TPSA) is 0 Å². The molecule has 0 aliphatic heterocycles. The molecule has 0 saturated carbocycles. The Hall–Kier alpha value is 0.180. The van der Waals surface area contributed by atoms with Crippen LogP contribution in [0.4, 0.5) is 0 Å². The number of hydrogen-bond acceptors (Lipinski definition) is 0. The lowest BCUT2D eigenvalue weighted by atomic mass is 9.80. The number of unbranched alkanes of at least 4 members (excludes halogenated alkanes) is 1. The molecule has 0 amide bonds. The Bertz CT molecular complexity index is 299. The molecule has 0 radical (unpaired) electrons. The lowest BCUT2D eigenvalue weighted by Crippen LogP contribution is -2.30. The molecule has 0 N–H and O–H groups in total. The van der Waals surface area contributed by atoms with E-state index in [4.69, 9.17) is 0 Å². The molecule has 1 aromatic rings. The molecule has 0 spiro atoms. The van der Waals surface area contributed by atoms with Crippen molar-refractivity contribution < 1.29 is 0 Å². The van der Waals surface area contributed by atoms with E-state index in [0.29, 0.717) is 0 Å². The summed E-state index contributed by atoms with van der Waals surface area (Å²) in [5.74, 6) is 0. The minimum Gasteiger partial charge on any atom is -0.0918 e. The molecule has 0 fully saturated rings. The Morgan fingerprint density at radius 2 is 1.62 bits per heavy atom. The zero-order valence-corrected chi connectivity index (χ0v) is 13.3. The van der Waals surface area contributed by atoms with Crippen molar-refractivity contribution in [3.63, 3.8) is 0 Å². The van der Waals surface area contributed by atoms with Gasteiger partial charge in [-0.05, 0) is 18.9 Å². The first-order valence-corrected chi connectivity index (χ1v) is 8.12. The van der Waals surface area contributed by atoms with Gasteiger partial charge >= 0.3 is 0 Å². The lowest BCUT2D eigenvalue weighted by Gasteiger charge is -2.31. The summed E-state index contributed by atoms with van der Waals surface area (Å²) in [5, 5.41) is 2.04. The Labute approximate surface area is 116 Å². The number of benzene rings is 1. The van der Waals surface area contributed by atoms with Gasteiger partial charge in [-0.3, -0.25) is 0 Å². The van der Waals surface area contributed by atoms with Crippen LogP contribution in [0.3, 0.4) is 0 Å². The molecule has 0 aliphatic rings. The smallest absolute Gasteiger partial charge is 0.0147 e. The van der Waals surface area contributed by atoms with Gasteiger partial charge in [0.1, 0.15) is 0 Å². The largest absolute Gasteiger partial charge is 0.0918 e. The van der Waals surface area contributed by atoms with Gasteiger partial charge in [-0.2, -0.15) is 0 Å². The molecule has 2 heteroatoms. The molecule has 1 aromatic carbocycles. The predicted octanol–water partition coefficient (Wildman–Crippen LogP) is 5.21. The molecule has 0 unspecified atom stereocenters. The number of halogens is 2. The maximum Gasteiger partial charge on any atom is 0.0147 e. The number of rotatable bonds is 6. The van der Waals surface area contributed by atoms with Crippen LogP contribution in [-0.2, 0) is 5.41 Å². The normalized spacial score (nSPS) is 11.8. The van der Waals surface area contributed by atoms with Gasteiger partial charge in [-0.15, -0.1) is 0 Å². The standard InChI is InChI=1S/C14H20Br2/c1-3-4-9-14(10-15,11-16)13-7-5-12(2)6-8-13/h5-8H,3-4,9-11H2,1-2H3. The van der Waals surface area contributed by atoms with Gasteiger partial charge < -0.3 is 0 Å².